The van der Waals surface area contributed by atoms with Crippen LogP contribution in [0.25, 0.3) is 0 Å². The summed E-state index contributed by atoms with van der Waals surface area (Å²) >= 11 is 5.95. The fourth-order valence-electron chi connectivity index (χ4n) is 2.33. The summed E-state index contributed by atoms with van der Waals surface area (Å²) in [6, 6.07) is 4.53. The second kappa shape index (κ2) is 5.53. The van der Waals surface area contributed by atoms with E-state index >= 15 is 0 Å². The molecule has 0 aromatic carbocycles. The predicted octanol–water partition coefficient (Wildman–Crippen LogP) is 4.18. The Labute approximate surface area is 102 Å². The van der Waals surface area contributed by atoms with Crippen molar-refractivity contribution in [3.05, 3.63) is 22.8 Å². The number of nitrogens with zero attached hydrogens (tertiary/aromatic N) is 1. The van der Waals surface area contributed by atoms with E-state index in [1.54, 1.807) is 0 Å². The van der Waals surface area contributed by atoms with Crippen molar-refractivity contribution in [2.75, 3.05) is 5.32 Å². The first-order valence-electron chi connectivity index (χ1n) is 6.15. The fraction of sp³-hybridized carbons (Fsp3) is 0.615. The number of aromatic nitrogens is 1. The zero-order valence-corrected chi connectivity index (χ0v) is 10.6. The maximum absolute atomic E-state index is 5.95. The summed E-state index contributed by atoms with van der Waals surface area (Å²) in [6.07, 6.45) is 7.93. The summed E-state index contributed by atoms with van der Waals surface area (Å²) in [7, 11) is 0. The van der Waals surface area contributed by atoms with Crippen LogP contribution in [0.4, 0.5) is 5.82 Å². The zero-order valence-electron chi connectivity index (χ0n) is 9.80. The molecule has 0 radical (unpaired) electrons. The van der Waals surface area contributed by atoms with Gasteiger partial charge in [0.2, 0.25) is 0 Å². The molecule has 0 spiro atoms. The van der Waals surface area contributed by atoms with Crippen molar-refractivity contribution >= 4 is 17.4 Å². The first kappa shape index (κ1) is 11.7. The summed E-state index contributed by atoms with van der Waals surface area (Å²) in [5, 5.41) is 4.09. The molecule has 2 nitrogen and oxygen atoms in total. The second-order valence-electron chi connectivity index (χ2n) is 4.69. The summed E-state index contributed by atoms with van der Waals surface area (Å²) in [5.41, 5.74) is 1.16. The lowest BCUT2D eigenvalue weighted by atomic mass is 10.1. The predicted molar refractivity (Wildman–Crippen MR) is 69.1 cm³/mol. The van der Waals surface area contributed by atoms with Gasteiger partial charge in [-0.25, -0.2) is 4.98 Å². The van der Waals surface area contributed by atoms with Crippen LogP contribution in [0.2, 0.25) is 5.15 Å². The molecule has 1 heterocycles. The number of pyridine rings is 1. The van der Waals surface area contributed by atoms with E-state index < -0.39 is 0 Å². The molecule has 1 saturated carbocycles. The Morgan fingerprint density at radius 1 is 1.19 bits per heavy atom. The highest BCUT2D eigenvalue weighted by Crippen LogP contribution is 2.21. The van der Waals surface area contributed by atoms with Gasteiger partial charge in [0.25, 0.3) is 0 Å². The van der Waals surface area contributed by atoms with Crippen LogP contribution in [-0.2, 0) is 0 Å². The van der Waals surface area contributed by atoms with Gasteiger partial charge in [-0.15, -0.1) is 0 Å². The number of hydrogen-bond donors (Lipinski definition) is 1. The van der Waals surface area contributed by atoms with Crippen LogP contribution in [0.3, 0.4) is 0 Å². The lowest BCUT2D eigenvalue weighted by Gasteiger charge is -2.17. The summed E-state index contributed by atoms with van der Waals surface area (Å²) in [5.74, 6) is 0.928. The standard InChI is InChI=1S/C13H19ClN2/c1-10-8-12(14)16-13(9-10)15-11-6-4-2-3-5-7-11/h8-9,11H,2-7H2,1H3,(H,15,16). The Morgan fingerprint density at radius 3 is 2.50 bits per heavy atom. The molecule has 2 rings (SSSR count). The Kier molecular flexibility index (Phi) is 4.05. The van der Waals surface area contributed by atoms with E-state index in [9.17, 15) is 0 Å². The minimum atomic E-state index is 0.577. The molecule has 1 aromatic rings. The number of anilines is 1. The highest BCUT2D eigenvalue weighted by Gasteiger charge is 2.12. The third-order valence-corrected chi connectivity index (χ3v) is 3.34. The van der Waals surface area contributed by atoms with E-state index in [0.717, 1.165) is 11.4 Å². The number of rotatable bonds is 2. The van der Waals surface area contributed by atoms with Gasteiger partial charge in [-0.1, -0.05) is 37.3 Å². The molecule has 1 fully saturated rings. The van der Waals surface area contributed by atoms with Crippen molar-refractivity contribution in [1.29, 1.82) is 0 Å². The molecule has 1 N–H and O–H groups in total. The number of halogens is 1. The van der Waals surface area contributed by atoms with Gasteiger partial charge in [0.1, 0.15) is 11.0 Å². The Morgan fingerprint density at radius 2 is 1.88 bits per heavy atom. The first-order chi connectivity index (χ1) is 7.74. The SMILES string of the molecule is Cc1cc(Cl)nc(NC2CCCCCC2)c1. The summed E-state index contributed by atoms with van der Waals surface area (Å²) in [4.78, 5) is 4.31. The molecule has 0 amide bonds. The molecule has 88 valence electrons. The second-order valence-corrected chi connectivity index (χ2v) is 5.07. The van der Waals surface area contributed by atoms with E-state index in [1.807, 2.05) is 13.0 Å². The van der Waals surface area contributed by atoms with Crippen molar-refractivity contribution in [2.45, 2.75) is 51.5 Å². The molecule has 3 heteroatoms. The van der Waals surface area contributed by atoms with E-state index in [2.05, 4.69) is 16.4 Å². The normalized spacial score (nSPS) is 18.1. The molecular weight excluding hydrogens is 220 g/mol. The molecule has 1 aliphatic carbocycles. The Balaban J connectivity index is 2.01. The van der Waals surface area contributed by atoms with Gasteiger partial charge in [0, 0.05) is 6.04 Å². The smallest absolute Gasteiger partial charge is 0.131 e. The highest BCUT2D eigenvalue weighted by atomic mass is 35.5. The molecule has 16 heavy (non-hydrogen) atoms. The topological polar surface area (TPSA) is 24.9 Å². The van der Waals surface area contributed by atoms with Gasteiger partial charge in [-0.3, -0.25) is 0 Å². The molecule has 0 bridgehead atoms. The first-order valence-corrected chi connectivity index (χ1v) is 6.52. The van der Waals surface area contributed by atoms with Crippen molar-refractivity contribution in [3.8, 4) is 0 Å². The third kappa shape index (κ3) is 3.38. The van der Waals surface area contributed by atoms with Crippen LogP contribution in [-0.4, -0.2) is 11.0 Å². The maximum atomic E-state index is 5.95. The minimum absolute atomic E-state index is 0.577. The average Bonchev–Trinajstić information content (AvgIpc) is 2.44. The van der Waals surface area contributed by atoms with Crippen molar-refractivity contribution in [1.82, 2.24) is 4.98 Å². The van der Waals surface area contributed by atoms with Crippen LogP contribution in [0.15, 0.2) is 12.1 Å². The monoisotopic (exact) mass is 238 g/mol. The number of hydrogen-bond acceptors (Lipinski definition) is 2. The number of aryl methyl sites for hydroxylation is 1. The number of nitrogens with one attached hydrogen (secondary N) is 1. The Hall–Kier alpha value is -0.760. The fourth-order valence-corrected chi connectivity index (χ4v) is 2.59. The molecular formula is C13H19ClN2. The third-order valence-electron chi connectivity index (χ3n) is 3.15. The van der Waals surface area contributed by atoms with Crippen molar-refractivity contribution in [2.24, 2.45) is 0 Å². The van der Waals surface area contributed by atoms with Gasteiger partial charge in [-0.2, -0.15) is 0 Å². The lowest BCUT2D eigenvalue weighted by molar-refractivity contribution is 0.617. The highest BCUT2D eigenvalue weighted by molar-refractivity contribution is 6.29. The maximum Gasteiger partial charge on any atom is 0.131 e. The van der Waals surface area contributed by atoms with E-state index in [-0.39, 0.29) is 0 Å². The van der Waals surface area contributed by atoms with Crippen molar-refractivity contribution in [3.63, 3.8) is 0 Å². The summed E-state index contributed by atoms with van der Waals surface area (Å²) in [6.45, 7) is 2.05. The van der Waals surface area contributed by atoms with E-state index in [0.29, 0.717) is 11.2 Å². The van der Waals surface area contributed by atoms with Crippen LogP contribution in [0.1, 0.15) is 44.1 Å². The Bertz CT molecular complexity index is 324. The molecule has 1 aromatic heterocycles. The minimum Gasteiger partial charge on any atom is -0.367 e. The quantitative estimate of drug-likeness (QED) is 0.618. The van der Waals surface area contributed by atoms with Gasteiger partial charge < -0.3 is 5.32 Å². The largest absolute Gasteiger partial charge is 0.367 e. The van der Waals surface area contributed by atoms with Gasteiger partial charge in [0.05, 0.1) is 0 Å². The van der Waals surface area contributed by atoms with Gasteiger partial charge in [-0.05, 0) is 37.5 Å². The van der Waals surface area contributed by atoms with Crippen LogP contribution in [0, 0.1) is 6.92 Å². The molecule has 0 unspecified atom stereocenters. The molecule has 0 atom stereocenters. The molecule has 1 aliphatic rings. The van der Waals surface area contributed by atoms with Crippen LogP contribution >= 0.6 is 11.6 Å². The molecule has 0 saturated heterocycles. The van der Waals surface area contributed by atoms with Gasteiger partial charge >= 0.3 is 0 Å². The van der Waals surface area contributed by atoms with Gasteiger partial charge in [0.15, 0.2) is 0 Å². The average molecular weight is 239 g/mol. The zero-order chi connectivity index (χ0) is 11.4. The van der Waals surface area contributed by atoms with Crippen molar-refractivity contribution < 1.29 is 0 Å². The van der Waals surface area contributed by atoms with Crippen LogP contribution in [0.5, 0.6) is 0 Å². The van der Waals surface area contributed by atoms with Crippen LogP contribution < -0.4 is 5.32 Å². The molecule has 0 aliphatic heterocycles. The van der Waals surface area contributed by atoms with E-state index in [4.69, 9.17) is 11.6 Å². The summed E-state index contributed by atoms with van der Waals surface area (Å²) < 4.78 is 0. The van der Waals surface area contributed by atoms with E-state index in [1.165, 1.54) is 38.5 Å². The lowest BCUT2D eigenvalue weighted by Crippen LogP contribution is -2.19.